The molecule has 39 heavy (non-hydrogen) atoms. The molecule has 0 unspecified atom stereocenters. The summed E-state index contributed by atoms with van der Waals surface area (Å²) in [7, 11) is -3.58. The van der Waals surface area contributed by atoms with Crippen LogP contribution in [0.1, 0.15) is 76.7 Å². The summed E-state index contributed by atoms with van der Waals surface area (Å²) in [6.07, 6.45) is 11.6. The molecular weight excluding hydrogens is 516 g/mol. The van der Waals surface area contributed by atoms with Gasteiger partial charge in [-0.25, -0.2) is 8.42 Å². The van der Waals surface area contributed by atoms with Gasteiger partial charge in [-0.2, -0.15) is 0 Å². The maximum Gasteiger partial charge on any atom is 0.245 e. The van der Waals surface area contributed by atoms with Crippen LogP contribution in [0.15, 0.2) is 36.4 Å². The number of nitrogens with one attached hydrogen (secondary N) is 2. The second-order valence-electron chi connectivity index (χ2n) is 11.7. The Bertz CT molecular complexity index is 1210. The monoisotopic (exact) mass is 558 g/mol. The predicted octanol–water partition coefficient (Wildman–Crippen LogP) is 3.39. The maximum atomic E-state index is 13.4. The number of benzene rings is 1. The first kappa shape index (κ1) is 29.1. The molecule has 0 radical (unpaired) electrons. The number of likely N-dealkylation sites (tertiary alicyclic amines) is 1. The number of primary amides is 1. The van der Waals surface area contributed by atoms with Crippen molar-refractivity contribution in [2.75, 3.05) is 11.9 Å². The fourth-order valence-corrected chi connectivity index (χ4v) is 6.59. The molecule has 2 aliphatic carbocycles. The minimum Gasteiger partial charge on any atom is -0.374 e. The van der Waals surface area contributed by atoms with Gasteiger partial charge in [0.15, 0.2) is 0 Å². The van der Waals surface area contributed by atoms with Gasteiger partial charge in [0, 0.05) is 18.2 Å². The standard InChI is InChI=1S/C29H42N4O5S/c1-20-10-8-12-22(18-20)31-24(28(36)33-17-9-14-25(33)26(30)34)13-7-5-3-4-6-11-21-19-23(21)27(35)32-39(37,38)29(2)15-16-29/h6,8,10-12,18,21,23-25,31H,3-5,7,9,13-17,19H2,1-2H3,(H2,30,34)(H,32,35)/b11-6-/t21-,23+,24+,25+/m1/s1. The summed E-state index contributed by atoms with van der Waals surface area (Å²) in [6.45, 7) is 4.23. The Balaban J connectivity index is 1.21. The zero-order valence-corrected chi connectivity index (χ0v) is 23.8. The normalized spacial score (nSPS) is 24.4. The number of nitrogens with zero attached hydrogens (tertiary/aromatic N) is 1. The van der Waals surface area contributed by atoms with Crippen molar-refractivity contribution in [2.45, 2.75) is 94.9 Å². The van der Waals surface area contributed by atoms with E-state index in [1.54, 1.807) is 11.8 Å². The first-order valence-electron chi connectivity index (χ1n) is 14.2. The molecule has 3 aliphatic rings. The van der Waals surface area contributed by atoms with Crippen LogP contribution in [-0.4, -0.2) is 54.4 Å². The fourth-order valence-electron chi connectivity index (χ4n) is 5.28. The number of amides is 3. The Morgan fingerprint density at radius 1 is 1.21 bits per heavy atom. The van der Waals surface area contributed by atoms with Crippen LogP contribution in [0.3, 0.4) is 0 Å². The lowest BCUT2D eigenvalue weighted by molar-refractivity contribution is -0.138. The van der Waals surface area contributed by atoms with Crippen LogP contribution in [0, 0.1) is 18.8 Å². The number of carbonyl (C=O) groups is 3. The number of nitrogens with two attached hydrogens (primary N) is 1. The molecule has 4 rings (SSSR count). The van der Waals surface area contributed by atoms with E-state index in [0.29, 0.717) is 38.6 Å². The van der Waals surface area contributed by atoms with E-state index < -0.39 is 32.8 Å². The highest BCUT2D eigenvalue weighted by Crippen LogP contribution is 2.44. The molecular formula is C29H42N4O5S. The zero-order chi connectivity index (χ0) is 28.2. The van der Waals surface area contributed by atoms with Crippen LogP contribution in [-0.2, 0) is 24.4 Å². The van der Waals surface area contributed by atoms with Crippen molar-refractivity contribution < 1.29 is 22.8 Å². The number of hydrogen-bond acceptors (Lipinski definition) is 6. The molecule has 4 N–H and O–H groups in total. The summed E-state index contributed by atoms with van der Waals surface area (Å²) < 4.78 is 26.0. The summed E-state index contributed by atoms with van der Waals surface area (Å²) in [5.74, 6) is -1.06. The van der Waals surface area contributed by atoms with E-state index in [4.69, 9.17) is 5.73 Å². The highest BCUT2D eigenvalue weighted by molar-refractivity contribution is 7.91. The van der Waals surface area contributed by atoms with Gasteiger partial charge >= 0.3 is 0 Å². The first-order chi connectivity index (χ1) is 18.5. The number of aryl methyl sites for hydroxylation is 1. The van der Waals surface area contributed by atoms with Crippen molar-refractivity contribution in [3.63, 3.8) is 0 Å². The molecule has 3 amide bonds. The van der Waals surface area contributed by atoms with Gasteiger partial charge in [0.25, 0.3) is 0 Å². The van der Waals surface area contributed by atoms with Gasteiger partial charge < -0.3 is 16.0 Å². The van der Waals surface area contributed by atoms with Gasteiger partial charge in [0.05, 0.1) is 4.75 Å². The highest BCUT2D eigenvalue weighted by Gasteiger charge is 2.52. The summed E-state index contributed by atoms with van der Waals surface area (Å²) >= 11 is 0. The summed E-state index contributed by atoms with van der Waals surface area (Å²) in [4.78, 5) is 39.2. The molecule has 1 aromatic rings. The Morgan fingerprint density at radius 3 is 2.67 bits per heavy atom. The fraction of sp³-hybridized carbons (Fsp3) is 0.621. The highest BCUT2D eigenvalue weighted by atomic mass is 32.2. The van der Waals surface area contributed by atoms with E-state index in [-0.39, 0.29) is 23.7 Å². The zero-order valence-electron chi connectivity index (χ0n) is 23.0. The van der Waals surface area contributed by atoms with Crippen molar-refractivity contribution in [1.82, 2.24) is 9.62 Å². The lowest BCUT2D eigenvalue weighted by atomic mass is 10.0. The van der Waals surface area contributed by atoms with Gasteiger partial charge in [-0.3, -0.25) is 19.1 Å². The van der Waals surface area contributed by atoms with Crippen molar-refractivity contribution in [2.24, 2.45) is 17.6 Å². The second-order valence-corrected chi connectivity index (χ2v) is 13.8. The lowest BCUT2D eigenvalue weighted by Gasteiger charge is -2.28. The smallest absolute Gasteiger partial charge is 0.245 e. The number of rotatable bonds is 14. The summed E-state index contributed by atoms with van der Waals surface area (Å²) in [5, 5.41) is 3.39. The molecule has 1 aliphatic heterocycles. The molecule has 1 saturated heterocycles. The van der Waals surface area contributed by atoms with E-state index >= 15 is 0 Å². The molecule has 0 bridgehead atoms. The van der Waals surface area contributed by atoms with Crippen molar-refractivity contribution in [3.8, 4) is 0 Å². The van der Waals surface area contributed by atoms with Crippen LogP contribution < -0.4 is 15.8 Å². The largest absolute Gasteiger partial charge is 0.374 e. The van der Waals surface area contributed by atoms with Crippen LogP contribution >= 0.6 is 0 Å². The third-order valence-electron chi connectivity index (χ3n) is 8.28. The van der Waals surface area contributed by atoms with Crippen molar-refractivity contribution in [1.29, 1.82) is 0 Å². The average Bonchev–Trinajstić information content (AvgIpc) is 3.77. The number of anilines is 1. The molecule has 0 aromatic heterocycles. The quantitative estimate of drug-likeness (QED) is 0.236. The van der Waals surface area contributed by atoms with Gasteiger partial charge in [-0.15, -0.1) is 0 Å². The SMILES string of the molecule is Cc1cccc(N[C@@H](CCCCC/C=C\[C@@H]2C[C@@H]2C(=O)NS(=O)(=O)C2(C)CC2)C(=O)N2CCC[C@H]2C(N)=O)c1. The molecule has 4 atom stereocenters. The van der Waals surface area contributed by atoms with Crippen molar-refractivity contribution in [3.05, 3.63) is 42.0 Å². The molecule has 1 aromatic carbocycles. The molecule has 2 saturated carbocycles. The first-order valence-corrected chi connectivity index (χ1v) is 15.6. The van der Waals surface area contributed by atoms with Gasteiger partial charge in [0.2, 0.25) is 27.7 Å². The molecule has 1 heterocycles. The van der Waals surface area contributed by atoms with E-state index in [2.05, 4.69) is 16.1 Å². The number of unbranched alkanes of at least 4 members (excludes halogenated alkanes) is 3. The van der Waals surface area contributed by atoms with Crippen LogP contribution in [0.5, 0.6) is 0 Å². The molecule has 10 heteroatoms. The van der Waals surface area contributed by atoms with Crippen LogP contribution in [0.4, 0.5) is 5.69 Å². The number of sulfonamides is 1. The Hall–Kier alpha value is -2.88. The minimum absolute atomic E-state index is 0.0755. The molecule has 3 fully saturated rings. The third-order valence-corrected chi connectivity index (χ3v) is 10.5. The molecule has 9 nitrogen and oxygen atoms in total. The van der Waals surface area contributed by atoms with E-state index in [1.165, 1.54) is 0 Å². The Morgan fingerprint density at radius 2 is 1.97 bits per heavy atom. The van der Waals surface area contributed by atoms with Crippen LogP contribution in [0.25, 0.3) is 0 Å². The number of allylic oxidation sites excluding steroid dienone is 2. The van der Waals surface area contributed by atoms with Gasteiger partial charge in [-0.1, -0.05) is 37.1 Å². The third kappa shape index (κ3) is 7.41. The maximum absolute atomic E-state index is 13.4. The van der Waals surface area contributed by atoms with Crippen molar-refractivity contribution >= 4 is 33.4 Å². The van der Waals surface area contributed by atoms with E-state index in [1.807, 2.05) is 37.3 Å². The van der Waals surface area contributed by atoms with E-state index in [9.17, 15) is 22.8 Å². The second kappa shape index (κ2) is 12.1. The predicted molar refractivity (Wildman–Crippen MR) is 151 cm³/mol. The number of hydrogen-bond donors (Lipinski definition) is 3. The Labute approximate surface area is 232 Å². The summed E-state index contributed by atoms with van der Waals surface area (Å²) in [6, 6.07) is 6.95. The van der Waals surface area contributed by atoms with E-state index in [0.717, 1.165) is 43.4 Å². The number of carbonyl (C=O) groups excluding carboxylic acids is 3. The molecule has 214 valence electrons. The van der Waals surface area contributed by atoms with Crippen LogP contribution in [0.2, 0.25) is 0 Å². The lowest BCUT2D eigenvalue weighted by Crippen LogP contribution is -2.49. The van der Waals surface area contributed by atoms with Gasteiger partial charge in [0.1, 0.15) is 12.1 Å². The topological polar surface area (TPSA) is 139 Å². The summed E-state index contributed by atoms with van der Waals surface area (Å²) in [5.41, 5.74) is 7.54. The molecule has 0 spiro atoms. The Kier molecular flexibility index (Phi) is 9.03. The average molecular weight is 559 g/mol. The minimum atomic E-state index is -3.58. The van der Waals surface area contributed by atoms with Gasteiger partial charge in [-0.05, 0) is 88.8 Å².